The van der Waals surface area contributed by atoms with Crippen molar-refractivity contribution in [1.29, 1.82) is 0 Å². The van der Waals surface area contributed by atoms with Gasteiger partial charge in [0.15, 0.2) is 5.13 Å². The first-order chi connectivity index (χ1) is 14.9. The maximum absolute atomic E-state index is 12.2. The van der Waals surface area contributed by atoms with E-state index in [1.165, 1.54) is 35.6 Å². The van der Waals surface area contributed by atoms with Gasteiger partial charge in [0.2, 0.25) is 5.91 Å². The Morgan fingerprint density at radius 2 is 1.81 bits per heavy atom. The molecule has 0 atom stereocenters. The van der Waals surface area contributed by atoms with E-state index in [0.717, 1.165) is 21.9 Å². The van der Waals surface area contributed by atoms with Crippen molar-refractivity contribution in [1.82, 2.24) is 10.3 Å². The number of methoxy groups -OCH3 is 1. The van der Waals surface area contributed by atoms with Gasteiger partial charge in [-0.3, -0.25) is 19.7 Å². The van der Waals surface area contributed by atoms with Crippen molar-refractivity contribution >= 4 is 34.0 Å². The molecule has 160 valence electrons. The lowest BCUT2D eigenvalue weighted by Crippen LogP contribution is -2.27. The molecule has 0 fully saturated rings. The Balaban J connectivity index is 1.51. The Hall–Kier alpha value is -3.79. The average molecular weight is 440 g/mol. The van der Waals surface area contributed by atoms with Gasteiger partial charge in [-0.1, -0.05) is 0 Å². The summed E-state index contributed by atoms with van der Waals surface area (Å²) in [6.45, 7) is 2.05. The summed E-state index contributed by atoms with van der Waals surface area (Å²) in [6.07, 6.45) is 0.0647. The van der Waals surface area contributed by atoms with Gasteiger partial charge in [0.25, 0.3) is 11.6 Å². The number of hydrogen-bond donors (Lipinski definition) is 2. The number of aromatic nitrogens is 1. The fourth-order valence-electron chi connectivity index (χ4n) is 2.77. The normalized spacial score (nSPS) is 10.4. The number of benzene rings is 2. The molecule has 1 aromatic heterocycles. The van der Waals surface area contributed by atoms with Crippen LogP contribution in [-0.2, 0) is 4.79 Å². The molecule has 0 unspecified atom stereocenters. The maximum atomic E-state index is 12.2. The number of non-ortho nitro benzene ring substituents is 1. The summed E-state index contributed by atoms with van der Waals surface area (Å²) in [5, 5.41) is 16.5. The predicted octanol–water partition coefficient (Wildman–Crippen LogP) is 3.79. The molecule has 0 aliphatic rings. The van der Waals surface area contributed by atoms with E-state index in [4.69, 9.17) is 4.74 Å². The van der Waals surface area contributed by atoms with Crippen LogP contribution in [0.4, 0.5) is 10.8 Å². The van der Waals surface area contributed by atoms with Crippen LogP contribution in [0.15, 0.2) is 48.5 Å². The van der Waals surface area contributed by atoms with Gasteiger partial charge in [-0.15, -0.1) is 11.3 Å². The quantitative estimate of drug-likeness (QED) is 0.406. The van der Waals surface area contributed by atoms with Gasteiger partial charge < -0.3 is 15.4 Å². The summed E-state index contributed by atoms with van der Waals surface area (Å²) < 4.78 is 5.16. The van der Waals surface area contributed by atoms with E-state index in [2.05, 4.69) is 15.6 Å². The summed E-state index contributed by atoms with van der Waals surface area (Å²) in [4.78, 5) is 39.9. The number of ether oxygens (including phenoxy) is 1. The highest BCUT2D eigenvalue weighted by Gasteiger charge is 2.13. The molecule has 0 saturated carbocycles. The molecular weight excluding hydrogens is 420 g/mol. The summed E-state index contributed by atoms with van der Waals surface area (Å²) in [5.41, 5.74) is 1.90. The van der Waals surface area contributed by atoms with Crippen LogP contribution in [0.5, 0.6) is 5.75 Å². The Kier molecular flexibility index (Phi) is 6.93. The number of rotatable bonds is 8. The minimum absolute atomic E-state index is 0.0647. The van der Waals surface area contributed by atoms with E-state index < -0.39 is 10.8 Å². The molecule has 0 saturated heterocycles. The fourth-order valence-corrected chi connectivity index (χ4v) is 3.63. The second kappa shape index (κ2) is 9.81. The number of hydrogen-bond acceptors (Lipinski definition) is 7. The third-order valence-electron chi connectivity index (χ3n) is 4.38. The van der Waals surface area contributed by atoms with Crippen LogP contribution in [0.2, 0.25) is 0 Å². The van der Waals surface area contributed by atoms with Gasteiger partial charge in [-0.05, 0) is 43.3 Å². The number of anilines is 1. The Labute approximate surface area is 182 Å². The lowest BCUT2D eigenvalue weighted by Gasteiger charge is -2.05. The van der Waals surface area contributed by atoms with Crippen LogP contribution in [0.25, 0.3) is 11.3 Å². The molecular formula is C21H20N4O5S. The first-order valence-corrected chi connectivity index (χ1v) is 10.1. The molecule has 0 spiro atoms. The van der Waals surface area contributed by atoms with Gasteiger partial charge >= 0.3 is 0 Å². The van der Waals surface area contributed by atoms with Gasteiger partial charge in [-0.25, -0.2) is 4.98 Å². The number of carbonyl (C=O) groups is 2. The lowest BCUT2D eigenvalue weighted by atomic mass is 10.1. The topological polar surface area (TPSA) is 123 Å². The van der Waals surface area contributed by atoms with E-state index >= 15 is 0 Å². The average Bonchev–Trinajstić information content (AvgIpc) is 3.13. The molecule has 10 heteroatoms. The molecule has 0 radical (unpaired) electrons. The van der Waals surface area contributed by atoms with Crippen molar-refractivity contribution in [3.63, 3.8) is 0 Å². The van der Waals surface area contributed by atoms with Crippen molar-refractivity contribution in [2.24, 2.45) is 0 Å². The van der Waals surface area contributed by atoms with E-state index in [1.54, 1.807) is 7.11 Å². The molecule has 2 N–H and O–H groups in total. The Morgan fingerprint density at radius 1 is 1.13 bits per heavy atom. The summed E-state index contributed by atoms with van der Waals surface area (Å²) >= 11 is 1.37. The zero-order chi connectivity index (χ0) is 22.4. The van der Waals surface area contributed by atoms with Crippen molar-refractivity contribution in [3.05, 3.63) is 69.1 Å². The zero-order valence-electron chi connectivity index (χ0n) is 16.9. The van der Waals surface area contributed by atoms with E-state index in [0.29, 0.717) is 5.13 Å². The van der Waals surface area contributed by atoms with Crippen molar-refractivity contribution in [3.8, 4) is 17.0 Å². The Morgan fingerprint density at radius 3 is 2.42 bits per heavy atom. The minimum Gasteiger partial charge on any atom is -0.497 e. The number of amides is 2. The largest absolute Gasteiger partial charge is 0.497 e. The minimum atomic E-state index is -0.535. The van der Waals surface area contributed by atoms with Crippen molar-refractivity contribution in [2.45, 2.75) is 13.3 Å². The number of nitro benzene ring substituents is 1. The highest BCUT2D eigenvalue weighted by atomic mass is 32.1. The summed E-state index contributed by atoms with van der Waals surface area (Å²) in [6, 6.07) is 12.7. The maximum Gasteiger partial charge on any atom is 0.269 e. The standard InChI is InChI=1S/C21H20N4O5S/c1-13-19(14-5-9-17(30-2)10-6-14)24-21(31-13)23-18(26)11-12-22-20(27)15-3-7-16(8-4-15)25(28)29/h3-10H,11-12H2,1-2H3,(H,22,27)(H,23,24,26). The van der Waals surface area contributed by atoms with Crippen LogP contribution in [-0.4, -0.2) is 35.4 Å². The third-order valence-corrected chi connectivity index (χ3v) is 5.27. The number of nitrogens with one attached hydrogen (secondary N) is 2. The number of carbonyl (C=O) groups excluding carboxylic acids is 2. The van der Waals surface area contributed by atoms with Gasteiger partial charge in [0.1, 0.15) is 5.75 Å². The first-order valence-electron chi connectivity index (χ1n) is 9.31. The summed E-state index contributed by atoms with van der Waals surface area (Å²) in [5.74, 6) is 0.0644. The number of nitro groups is 1. The molecule has 3 rings (SSSR count). The molecule has 0 bridgehead atoms. The molecule has 0 aliphatic carbocycles. The predicted molar refractivity (Wildman–Crippen MR) is 118 cm³/mol. The fraction of sp³-hybridized carbons (Fsp3) is 0.190. The SMILES string of the molecule is COc1ccc(-c2nc(NC(=O)CCNC(=O)c3ccc([N+](=O)[O-])cc3)sc2C)cc1. The van der Waals surface area contributed by atoms with Crippen LogP contribution in [0.1, 0.15) is 21.7 Å². The zero-order valence-corrected chi connectivity index (χ0v) is 17.7. The molecule has 31 heavy (non-hydrogen) atoms. The molecule has 3 aromatic rings. The molecule has 9 nitrogen and oxygen atoms in total. The molecule has 2 amide bonds. The number of aryl methyl sites for hydroxylation is 1. The lowest BCUT2D eigenvalue weighted by molar-refractivity contribution is -0.384. The van der Waals surface area contributed by atoms with E-state index in [1.807, 2.05) is 31.2 Å². The number of nitrogens with zero attached hydrogens (tertiary/aromatic N) is 2. The van der Waals surface area contributed by atoms with Crippen LogP contribution in [0.3, 0.4) is 0 Å². The van der Waals surface area contributed by atoms with Gasteiger partial charge in [-0.2, -0.15) is 0 Å². The highest BCUT2D eigenvalue weighted by molar-refractivity contribution is 7.16. The second-order valence-electron chi connectivity index (χ2n) is 6.51. The highest BCUT2D eigenvalue weighted by Crippen LogP contribution is 2.31. The Bertz CT molecular complexity index is 1090. The smallest absolute Gasteiger partial charge is 0.269 e. The van der Waals surface area contributed by atoms with Crippen molar-refractivity contribution < 1.29 is 19.2 Å². The van der Waals surface area contributed by atoms with Gasteiger partial charge in [0, 0.05) is 41.1 Å². The first kappa shape index (κ1) is 21.9. The van der Waals surface area contributed by atoms with E-state index in [9.17, 15) is 19.7 Å². The third kappa shape index (κ3) is 5.64. The molecule has 1 heterocycles. The molecule has 2 aromatic carbocycles. The second-order valence-corrected chi connectivity index (χ2v) is 7.71. The van der Waals surface area contributed by atoms with Gasteiger partial charge in [0.05, 0.1) is 17.7 Å². The monoisotopic (exact) mass is 440 g/mol. The molecule has 0 aliphatic heterocycles. The van der Waals surface area contributed by atoms with Crippen LogP contribution in [0, 0.1) is 17.0 Å². The number of thiazole rings is 1. The summed E-state index contributed by atoms with van der Waals surface area (Å²) in [7, 11) is 1.60. The van der Waals surface area contributed by atoms with Crippen LogP contribution >= 0.6 is 11.3 Å². The van der Waals surface area contributed by atoms with Crippen LogP contribution < -0.4 is 15.4 Å². The van der Waals surface area contributed by atoms with Crippen molar-refractivity contribution in [2.75, 3.05) is 19.0 Å². The van der Waals surface area contributed by atoms with E-state index in [-0.39, 0.29) is 30.1 Å².